The van der Waals surface area contributed by atoms with Gasteiger partial charge in [0.05, 0.1) is 11.5 Å². The average molecular weight is 397 g/mol. The van der Waals surface area contributed by atoms with Crippen molar-refractivity contribution in [1.29, 1.82) is 0 Å². The van der Waals surface area contributed by atoms with Gasteiger partial charge in [0, 0.05) is 28.7 Å². The molecule has 1 atom stereocenters. The molecular weight excluding hydrogens is 376 g/mol. The van der Waals surface area contributed by atoms with E-state index in [1.54, 1.807) is 12.1 Å². The van der Waals surface area contributed by atoms with Crippen LogP contribution in [-0.2, 0) is 27.9 Å². The van der Waals surface area contributed by atoms with Crippen LogP contribution in [0.1, 0.15) is 29.7 Å². The van der Waals surface area contributed by atoms with E-state index >= 15 is 0 Å². The Hall–Kier alpha value is -1.64. The third-order valence-corrected chi connectivity index (χ3v) is 5.67. The van der Waals surface area contributed by atoms with E-state index in [4.69, 9.17) is 26.2 Å². The Bertz CT molecular complexity index is 900. The maximum atomic E-state index is 11.4. The zero-order valence-electron chi connectivity index (χ0n) is 14.6. The van der Waals surface area contributed by atoms with Gasteiger partial charge in [-0.2, -0.15) is 0 Å². The van der Waals surface area contributed by atoms with Gasteiger partial charge in [0.2, 0.25) is 10.0 Å². The van der Waals surface area contributed by atoms with E-state index in [1.165, 1.54) is 12.1 Å². The Labute approximate surface area is 158 Å². The summed E-state index contributed by atoms with van der Waals surface area (Å²) in [5.41, 5.74) is 2.92. The third kappa shape index (κ3) is 4.19. The summed E-state index contributed by atoms with van der Waals surface area (Å²) >= 11 is 6.22. The number of halogens is 1. The predicted octanol–water partition coefficient (Wildman–Crippen LogP) is 3.05. The lowest BCUT2D eigenvalue weighted by atomic mass is 10.0. The maximum absolute atomic E-state index is 11.4. The third-order valence-electron chi connectivity index (χ3n) is 4.52. The number of primary sulfonamides is 1. The van der Waals surface area contributed by atoms with Crippen LogP contribution < -0.4 is 9.88 Å². The van der Waals surface area contributed by atoms with Crippen molar-refractivity contribution in [2.75, 3.05) is 13.8 Å². The van der Waals surface area contributed by atoms with Gasteiger partial charge < -0.3 is 9.47 Å². The summed E-state index contributed by atoms with van der Waals surface area (Å²) in [7, 11) is -1.69. The lowest BCUT2D eigenvalue weighted by Crippen LogP contribution is -2.23. The molecule has 8 heteroatoms. The number of nitrogens with two attached hydrogens (primary N) is 1. The fourth-order valence-corrected chi connectivity index (χ4v) is 3.75. The van der Waals surface area contributed by atoms with Crippen LogP contribution >= 0.6 is 11.6 Å². The molecule has 1 aliphatic rings. The molecule has 1 heterocycles. The Kier molecular flexibility index (Phi) is 5.55. The number of rotatable bonds is 5. The Balaban J connectivity index is 1.80. The highest BCUT2D eigenvalue weighted by molar-refractivity contribution is 7.89. The molecule has 2 aromatic carbocycles. The zero-order valence-corrected chi connectivity index (χ0v) is 16.2. The summed E-state index contributed by atoms with van der Waals surface area (Å²) in [5, 5.41) is 5.79. The molecule has 0 spiro atoms. The quantitative estimate of drug-likeness (QED) is 0.839. The molecular formula is C18H21ClN2O4S. The van der Waals surface area contributed by atoms with E-state index in [0.717, 1.165) is 22.4 Å². The van der Waals surface area contributed by atoms with Gasteiger partial charge in [-0.15, -0.1) is 0 Å². The smallest absolute Gasteiger partial charge is 0.238 e. The molecule has 0 bridgehead atoms. The van der Waals surface area contributed by atoms with E-state index < -0.39 is 10.0 Å². The summed E-state index contributed by atoms with van der Waals surface area (Å²) in [6.07, 6.45) is 0. The number of hydrogen-bond acceptors (Lipinski definition) is 5. The summed E-state index contributed by atoms with van der Waals surface area (Å²) < 4.78 is 33.7. The lowest BCUT2D eigenvalue weighted by Gasteiger charge is -2.28. The Morgan fingerprint density at radius 1 is 1.27 bits per heavy atom. The van der Waals surface area contributed by atoms with Crippen LogP contribution in [0.25, 0.3) is 0 Å². The van der Waals surface area contributed by atoms with Crippen molar-refractivity contribution < 1.29 is 17.9 Å². The van der Waals surface area contributed by atoms with Gasteiger partial charge in [-0.05, 0) is 43.8 Å². The van der Waals surface area contributed by atoms with Gasteiger partial charge >= 0.3 is 0 Å². The molecule has 2 N–H and O–H groups in total. The van der Waals surface area contributed by atoms with Crippen LogP contribution in [0.15, 0.2) is 41.3 Å². The standard InChI is InChI=1S/C18H21ClN2O4S/c1-12(13-3-5-17(6-4-13)26(20,22)23)21(2)9-14-7-16(19)8-15-10-24-11-25-18(14)15/h3-8,12H,9-11H2,1-2H3,(H2,20,22,23). The first kappa shape index (κ1) is 19.1. The van der Waals surface area contributed by atoms with Crippen molar-refractivity contribution in [3.05, 3.63) is 58.1 Å². The zero-order chi connectivity index (χ0) is 18.9. The molecule has 0 fully saturated rings. The molecule has 0 aliphatic carbocycles. The number of sulfonamides is 1. The van der Waals surface area contributed by atoms with Crippen molar-refractivity contribution >= 4 is 21.6 Å². The van der Waals surface area contributed by atoms with Gasteiger partial charge in [-0.25, -0.2) is 13.6 Å². The highest BCUT2D eigenvalue weighted by atomic mass is 35.5. The van der Waals surface area contributed by atoms with E-state index in [2.05, 4.69) is 4.90 Å². The second-order valence-corrected chi connectivity index (χ2v) is 8.37. The van der Waals surface area contributed by atoms with Gasteiger partial charge in [-0.3, -0.25) is 4.90 Å². The van der Waals surface area contributed by atoms with Crippen molar-refractivity contribution in [2.45, 2.75) is 31.0 Å². The van der Waals surface area contributed by atoms with Crippen LogP contribution in [0.3, 0.4) is 0 Å². The van der Waals surface area contributed by atoms with Crippen LogP contribution in [-0.4, -0.2) is 27.2 Å². The van der Waals surface area contributed by atoms with Crippen LogP contribution in [0.2, 0.25) is 5.02 Å². The SMILES string of the molecule is CC(c1ccc(S(N)(=O)=O)cc1)N(C)Cc1cc(Cl)cc2c1OCOC2. The molecule has 0 amide bonds. The number of fused-ring (bicyclic) bond motifs is 1. The summed E-state index contributed by atoms with van der Waals surface area (Å²) in [6, 6.07) is 10.4. The number of ether oxygens (including phenoxy) is 2. The van der Waals surface area contributed by atoms with Crippen molar-refractivity contribution in [1.82, 2.24) is 4.90 Å². The molecule has 26 heavy (non-hydrogen) atoms. The van der Waals surface area contributed by atoms with Crippen LogP contribution in [0.5, 0.6) is 5.75 Å². The average Bonchev–Trinajstić information content (AvgIpc) is 2.60. The largest absolute Gasteiger partial charge is 0.467 e. The minimum absolute atomic E-state index is 0.0546. The molecule has 2 aromatic rings. The summed E-state index contributed by atoms with van der Waals surface area (Å²) in [6.45, 7) is 3.39. The normalized spacial score (nSPS) is 15.4. The second kappa shape index (κ2) is 7.54. The lowest BCUT2D eigenvalue weighted by molar-refractivity contribution is -0.0175. The fraction of sp³-hybridized carbons (Fsp3) is 0.333. The van der Waals surface area contributed by atoms with Crippen molar-refractivity contribution in [3.8, 4) is 5.75 Å². The molecule has 6 nitrogen and oxygen atoms in total. The first-order valence-corrected chi connectivity index (χ1v) is 10.0. The summed E-state index contributed by atoms with van der Waals surface area (Å²) in [5.74, 6) is 0.823. The maximum Gasteiger partial charge on any atom is 0.238 e. The molecule has 0 aromatic heterocycles. The fourth-order valence-electron chi connectivity index (χ4n) is 2.97. The van der Waals surface area contributed by atoms with Gasteiger partial charge in [-0.1, -0.05) is 23.7 Å². The number of hydrogen-bond donors (Lipinski definition) is 1. The minimum Gasteiger partial charge on any atom is -0.467 e. The highest BCUT2D eigenvalue weighted by Crippen LogP contribution is 2.33. The molecule has 0 saturated heterocycles. The van der Waals surface area contributed by atoms with Gasteiger partial charge in [0.15, 0.2) is 6.79 Å². The van der Waals surface area contributed by atoms with E-state index in [0.29, 0.717) is 18.2 Å². The van der Waals surface area contributed by atoms with Gasteiger partial charge in [0.1, 0.15) is 5.75 Å². The van der Waals surface area contributed by atoms with E-state index in [9.17, 15) is 8.42 Å². The topological polar surface area (TPSA) is 81.9 Å². The van der Waals surface area contributed by atoms with Crippen LogP contribution in [0, 0.1) is 0 Å². The first-order valence-electron chi connectivity index (χ1n) is 8.10. The molecule has 140 valence electrons. The first-order chi connectivity index (χ1) is 12.3. The van der Waals surface area contributed by atoms with Crippen molar-refractivity contribution in [2.24, 2.45) is 5.14 Å². The highest BCUT2D eigenvalue weighted by Gasteiger charge is 2.20. The summed E-state index contributed by atoms with van der Waals surface area (Å²) in [4.78, 5) is 2.24. The minimum atomic E-state index is -3.69. The predicted molar refractivity (Wildman–Crippen MR) is 99.4 cm³/mol. The van der Waals surface area contributed by atoms with Crippen molar-refractivity contribution in [3.63, 3.8) is 0 Å². The Morgan fingerprint density at radius 3 is 2.62 bits per heavy atom. The molecule has 3 rings (SSSR count). The number of benzene rings is 2. The van der Waals surface area contributed by atoms with Crippen LogP contribution in [0.4, 0.5) is 0 Å². The second-order valence-electron chi connectivity index (χ2n) is 6.37. The molecule has 0 radical (unpaired) electrons. The monoisotopic (exact) mass is 396 g/mol. The Morgan fingerprint density at radius 2 is 1.96 bits per heavy atom. The molecule has 0 saturated carbocycles. The van der Waals surface area contributed by atoms with E-state index in [1.807, 2.05) is 26.1 Å². The number of nitrogens with zero attached hydrogens (tertiary/aromatic N) is 1. The van der Waals surface area contributed by atoms with Gasteiger partial charge in [0.25, 0.3) is 0 Å². The molecule has 1 aliphatic heterocycles. The molecule has 1 unspecified atom stereocenters. The van der Waals surface area contributed by atoms with E-state index in [-0.39, 0.29) is 17.7 Å².